The number of carbonyl (C=O) groups is 1. The molecule has 1 atom stereocenters. The molecule has 2 rings (SSSR count). The van der Waals surface area contributed by atoms with Gasteiger partial charge in [0.2, 0.25) is 0 Å². The molecular weight excluding hydrogens is 273 g/mol. The third-order valence-electron chi connectivity index (χ3n) is 3.94. The summed E-state index contributed by atoms with van der Waals surface area (Å²) in [7, 11) is 0. The van der Waals surface area contributed by atoms with E-state index in [-0.39, 0.29) is 38.0 Å². The van der Waals surface area contributed by atoms with Gasteiger partial charge >= 0.3 is 12.2 Å². The van der Waals surface area contributed by atoms with Crippen LogP contribution >= 0.6 is 0 Å². The molecule has 1 unspecified atom stereocenters. The van der Waals surface area contributed by atoms with Crippen LogP contribution in [0, 0.1) is 5.92 Å². The van der Waals surface area contributed by atoms with Gasteiger partial charge in [0.05, 0.1) is 0 Å². The van der Waals surface area contributed by atoms with E-state index in [1.807, 2.05) is 12.2 Å². The molecule has 0 spiro atoms. The molecule has 0 radical (unpaired) electrons. The molecule has 2 amide bonds. The lowest BCUT2D eigenvalue weighted by Gasteiger charge is -2.35. The molecule has 1 aliphatic carbocycles. The van der Waals surface area contributed by atoms with E-state index in [1.165, 1.54) is 4.90 Å². The number of likely N-dealkylation sites (tertiary alicyclic amines) is 1. The summed E-state index contributed by atoms with van der Waals surface area (Å²) < 4.78 is 37.2. The second kappa shape index (κ2) is 6.03. The zero-order chi connectivity index (χ0) is 14.8. The fraction of sp³-hybridized carbons (Fsp3) is 0.769. The number of hydrogen-bond acceptors (Lipinski definition) is 2. The van der Waals surface area contributed by atoms with Crippen LogP contribution in [0.2, 0.25) is 0 Å². The summed E-state index contributed by atoms with van der Waals surface area (Å²) in [6.07, 6.45) is -0.914. The normalized spacial score (nSPS) is 23.1. The summed E-state index contributed by atoms with van der Waals surface area (Å²) in [5.74, 6) is -0.813. The minimum atomic E-state index is -4.58. The Morgan fingerprint density at radius 1 is 1.25 bits per heavy atom. The molecule has 0 bridgehead atoms. The molecule has 1 saturated heterocycles. The number of rotatable bonds is 2. The van der Waals surface area contributed by atoms with E-state index in [0.717, 1.165) is 12.8 Å². The molecule has 2 N–H and O–H groups in total. The van der Waals surface area contributed by atoms with Gasteiger partial charge in [-0.05, 0) is 31.6 Å². The van der Waals surface area contributed by atoms with Crippen LogP contribution in [-0.2, 0) is 0 Å². The average Bonchev–Trinajstić information content (AvgIpc) is 2.90. The van der Waals surface area contributed by atoms with Crippen LogP contribution in [0.4, 0.5) is 18.0 Å². The van der Waals surface area contributed by atoms with Gasteiger partial charge in [-0.2, -0.15) is 13.2 Å². The Balaban J connectivity index is 1.77. The second-order valence-corrected chi connectivity index (χ2v) is 5.40. The first-order valence-electron chi connectivity index (χ1n) is 6.83. The predicted molar refractivity (Wildman–Crippen MR) is 67.1 cm³/mol. The van der Waals surface area contributed by atoms with Gasteiger partial charge in [-0.15, -0.1) is 0 Å². The summed E-state index contributed by atoms with van der Waals surface area (Å²) in [6.45, 7) is 0.508. The maximum absolute atomic E-state index is 12.4. The van der Waals surface area contributed by atoms with Gasteiger partial charge in [-0.1, -0.05) is 12.2 Å². The highest BCUT2D eigenvalue weighted by molar-refractivity contribution is 5.74. The fourth-order valence-corrected chi connectivity index (χ4v) is 2.69. The molecule has 1 fully saturated rings. The van der Waals surface area contributed by atoms with Gasteiger partial charge in [0, 0.05) is 19.1 Å². The smallest absolute Gasteiger partial charge is 0.383 e. The van der Waals surface area contributed by atoms with Gasteiger partial charge in [-0.25, -0.2) is 4.79 Å². The Hall–Kier alpha value is -1.24. The molecule has 20 heavy (non-hydrogen) atoms. The first kappa shape index (κ1) is 15.2. The zero-order valence-corrected chi connectivity index (χ0v) is 11.1. The zero-order valence-electron chi connectivity index (χ0n) is 11.1. The lowest BCUT2D eigenvalue weighted by molar-refractivity contribution is -0.222. The second-order valence-electron chi connectivity index (χ2n) is 5.40. The largest absolute Gasteiger partial charge is 0.414 e. The number of alkyl halides is 3. The quantitative estimate of drug-likeness (QED) is 0.765. The highest BCUT2D eigenvalue weighted by Crippen LogP contribution is 2.31. The number of aliphatic hydroxyl groups excluding tert-OH is 1. The molecule has 1 aliphatic heterocycles. The van der Waals surface area contributed by atoms with Crippen LogP contribution in [0.15, 0.2) is 12.2 Å². The maximum Gasteiger partial charge on any atom is 0.414 e. The van der Waals surface area contributed by atoms with Gasteiger partial charge in [0.15, 0.2) is 6.10 Å². The van der Waals surface area contributed by atoms with Crippen molar-refractivity contribution in [2.45, 2.75) is 44.0 Å². The molecular formula is C13H19F3N2O2. The Morgan fingerprint density at radius 2 is 1.80 bits per heavy atom. The molecule has 2 aliphatic rings. The predicted octanol–water partition coefficient (Wildman–Crippen LogP) is 2.05. The number of nitrogens with zero attached hydrogens (tertiary/aromatic N) is 1. The molecule has 0 aromatic carbocycles. The van der Waals surface area contributed by atoms with Crippen LogP contribution in [0.25, 0.3) is 0 Å². The lowest BCUT2D eigenvalue weighted by atomic mass is 9.91. The van der Waals surface area contributed by atoms with E-state index in [4.69, 9.17) is 0 Å². The molecule has 0 aromatic heterocycles. The molecule has 7 heteroatoms. The SMILES string of the molecule is O=C(NC1CC=CC1)N1CCC(C(O)C(F)(F)F)CC1. The first-order chi connectivity index (χ1) is 9.38. The highest BCUT2D eigenvalue weighted by Gasteiger charge is 2.44. The molecule has 0 saturated carbocycles. The number of carbonyl (C=O) groups excluding carboxylic acids is 1. The number of halogens is 3. The highest BCUT2D eigenvalue weighted by atomic mass is 19.4. The number of nitrogens with one attached hydrogen (secondary N) is 1. The number of hydrogen-bond donors (Lipinski definition) is 2. The Bertz CT molecular complexity index is 368. The van der Waals surface area contributed by atoms with E-state index in [1.54, 1.807) is 0 Å². The Labute approximate surface area is 115 Å². The summed E-state index contributed by atoms with van der Waals surface area (Å²) in [6, 6.07) is -0.125. The lowest BCUT2D eigenvalue weighted by Crippen LogP contribution is -2.49. The van der Waals surface area contributed by atoms with Crippen LogP contribution in [0.3, 0.4) is 0 Å². The van der Waals surface area contributed by atoms with Crippen LogP contribution < -0.4 is 5.32 Å². The van der Waals surface area contributed by atoms with E-state index in [0.29, 0.717) is 0 Å². The van der Waals surface area contributed by atoms with Crippen molar-refractivity contribution in [2.75, 3.05) is 13.1 Å². The third-order valence-corrected chi connectivity index (χ3v) is 3.94. The van der Waals surface area contributed by atoms with Crippen molar-refractivity contribution < 1.29 is 23.1 Å². The molecule has 0 aromatic rings. The molecule has 4 nitrogen and oxygen atoms in total. The first-order valence-corrected chi connectivity index (χ1v) is 6.83. The van der Waals surface area contributed by atoms with Crippen LogP contribution in [-0.4, -0.2) is 47.4 Å². The minimum absolute atomic E-state index is 0.0981. The summed E-state index contributed by atoms with van der Waals surface area (Å²) in [5.41, 5.74) is 0. The van der Waals surface area contributed by atoms with Gasteiger partial charge < -0.3 is 15.3 Å². The summed E-state index contributed by atoms with van der Waals surface area (Å²) >= 11 is 0. The van der Waals surface area contributed by atoms with Crippen LogP contribution in [0.1, 0.15) is 25.7 Å². The van der Waals surface area contributed by atoms with E-state index >= 15 is 0 Å². The minimum Gasteiger partial charge on any atom is -0.383 e. The number of urea groups is 1. The van der Waals surface area contributed by atoms with E-state index in [2.05, 4.69) is 5.32 Å². The van der Waals surface area contributed by atoms with Crippen molar-refractivity contribution in [3.8, 4) is 0 Å². The third kappa shape index (κ3) is 3.65. The van der Waals surface area contributed by atoms with Crippen molar-refractivity contribution in [2.24, 2.45) is 5.92 Å². The van der Waals surface area contributed by atoms with Gasteiger partial charge in [-0.3, -0.25) is 0 Å². The van der Waals surface area contributed by atoms with Gasteiger partial charge in [0.25, 0.3) is 0 Å². The molecule has 114 valence electrons. The average molecular weight is 292 g/mol. The number of piperidine rings is 1. The van der Waals surface area contributed by atoms with Crippen molar-refractivity contribution in [1.29, 1.82) is 0 Å². The van der Waals surface area contributed by atoms with Crippen LogP contribution in [0.5, 0.6) is 0 Å². The van der Waals surface area contributed by atoms with Crippen molar-refractivity contribution in [3.05, 3.63) is 12.2 Å². The van der Waals surface area contributed by atoms with Crippen molar-refractivity contribution in [3.63, 3.8) is 0 Å². The van der Waals surface area contributed by atoms with Crippen molar-refractivity contribution in [1.82, 2.24) is 10.2 Å². The van der Waals surface area contributed by atoms with E-state index < -0.39 is 18.2 Å². The van der Waals surface area contributed by atoms with Gasteiger partial charge in [0.1, 0.15) is 0 Å². The topological polar surface area (TPSA) is 52.6 Å². The Kier molecular flexibility index (Phi) is 4.57. The summed E-state index contributed by atoms with van der Waals surface area (Å²) in [5, 5.41) is 12.1. The molecule has 1 heterocycles. The number of aliphatic hydroxyl groups is 1. The maximum atomic E-state index is 12.4. The standard InChI is InChI=1S/C13H19F3N2O2/c14-13(15,16)11(19)9-5-7-18(8-6-9)12(20)17-10-3-1-2-4-10/h1-2,9-11,19H,3-8H2,(H,17,20). The fourth-order valence-electron chi connectivity index (χ4n) is 2.69. The van der Waals surface area contributed by atoms with Crippen molar-refractivity contribution >= 4 is 6.03 Å². The Morgan fingerprint density at radius 3 is 2.30 bits per heavy atom. The van der Waals surface area contributed by atoms with E-state index in [9.17, 15) is 23.1 Å². The monoisotopic (exact) mass is 292 g/mol. The number of amides is 2. The summed E-state index contributed by atoms with van der Waals surface area (Å²) in [4.78, 5) is 13.5.